The number of Topliss-reactive ketones (excluding diaryl/α,β-unsaturated/α-hetero) is 1. The molecular formula is C15H19N3O3. The molecule has 112 valence electrons. The topological polar surface area (TPSA) is 78.1 Å². The summed E-state index contributed by atoms with van der Waals surface area (Å²) in [6.07, 6.45) is 2.37. The van der Waals surface area contributed by atoms with Gasteiger partial charge in [-0.2, -0.15) is 4.98 Å². The van der Waals surface area contributed by atoms with Crippen LogP contribution < -0.4 is 4.74 Å². The molecule has 0 amide bonds. The molecule has 21 heavy (non-hydrogen) atoms. The van der Waals surface area contributed by atoms with Crippen LogP contribution in [0.25, 0.3) is 0 Å². The van der Waals surface area contributed by atoms with Crippen molar-refractivity contribution in [1.29, 1.82) is 0 Å². The third kappa shape index (κ3) is 4.11. The highest BCUT2D eigenvalue weighted by Gasteiger charge is 2.23. The molecule has 0 bridgehead atoms. The summed E-state index contributed by atoms with van der Waals surface area (Å²) in [5, 5.41) is 3.89. The third-order valence-electron chi connectivity index (χ3n) is 3.03. The summed E-state index contributed by atoms with van der Waals surface area (Å²) in [7, 11) is 1.57. The smallest absolute Gasteiger partial charge is 0.234 e. The lowest BCUT2D eigenvalue weighted by Crippen LogP contribution is -2.22. The van der Waals surface area contributed by atoms with Gasteiger partial charge in [0.2, 0.25) is 11.8 Å². The Balaban J connectivity index is 2.01. The summed E-state index contributed by atoms with van der Waals surface area (Å²) in [4.78, 5) is 20.3. The molecule has 2 aromatic rings. The highest BCUT2D eigenvalue weighted by molar-refractivity contribution is 5.84. The molecule has 0 atom stereocenters. The van der Waals surface area contributed by atoms with Crippen molar-refractivity contribution in [1.82, 2.24) is 15.1 Å². The quantitative estimate of drug-likeness (QED) is 0.839. The van der Waals surface area contributed by atoms with Crippen LogP contribution in [-0.2, 0) is 17.6 Å². The minimum absolute atomic E-state index is 0.0730. The van der Waals surface area contributed by atoms with Crippen molar-refractivity contribution in [2.75, 3.05) is 7.11 Å². The molecule has 0 aromatic carbocycles. The Morgan fingerprint density at radius 3 is 2.67 bits per heavy atom. The Kier molecular flexibility index (Phi) is 4.35. The number of hydrogen-bond donors (Lipinski definition) is 0. The molecule has 0 aliphatic heterocycles. The average molecular weight is 289 g/mol. The van der Waals surface area contributed by atoms with Crippen LogP contribution in [0, 0.1) is 5.41 Å². The van der Waals surface area contributed by atoms with Gasteiger partial charge in [0, 0.05) is 24.1 Å². The first-order valence-corrected chi connectivity index (χ1v) is 6.72. The SMILES string of the molecule is COc1ccc(Cc2noc(CC(=O)C(C)(C)C)n2)cn1. The Hall–Kier alpha value is -2.24. The number of methoxy groups -OCH3 is 1. The van der Waals surface area contributed by atoms with Crippen LogP contribution in [0.15, 0.2) is 22.9 Å². The van der Waals surface area contributed by atoms with Crippen molar-refractivity contribution in [3.63, 3.8) is 0 Å². The molecule has 0 aliphatic carbocycles. The van der Waals surface area contributed by atoms with Crippen LogP contribution in [-0.4, -0.2) is 28.0 Å². The van der Waals surface area contributed by atoms with Gasteiger partial charge in [0.15, 0.2) is 5.82 Å². The number of aromatic nitrogens is 3. The highest BCUT2D eigenvalue weighted by atomic mass is 16.5. The lowest BCUT2D eigenvalue weighted by atomic mass is 9.89. The van der Waals surface area contributed by atoms with E-state index in [0.717, 1.165) is 5.56 Å². The van der Waals surface area contributed by atoms with Gasteiger partial charge in [-0.1, -0.05) is 32.0 Å². The summed E-state index contributed by atoms with van der Waals surface area (Å²) >= 11 is 0. The number of ketones is 1. The van der Waals surface area contributed by atoms with Gasteiger partial charge in [-0.15, -0.1) is 0 Å². The molecule has 6 heteroatoms. The molecule has 2 rings (SSSR count). The van der Waals surface area contributed by atoms with Crippen molar-refractivity contribution in [3.8, 4) is 5.88 Å². The second kappa shape index (κ2) is 6.03. The number of carbonyl (C=O) groups excluding carboxylic acids is 1. The summed E-state index contributed by atoms with van der Waals surface area (Å²) < 4.78 is 10.1. The second-order valence-corrected chi connectivity index (χ2v) is 5.84. The molecule has 0 saturated carbocycles. The number of carbonyl (C=O) groups is 1. The molecule has 0 saturated heterocycles. The van der Waals surface area contributed by atoms with E-state index in [1.165, 1.54) is 0 Å². The Morgan fingerprint density at radius 1 is 1.33 bits per heavy atom. The van der Waals surface area contributed by atoms with Crippen LogP contribution in [0.4, 0.5) is 0 Å². The molecular weight excluding hydrogens is 270 g/mol. The van der Waals surface area contributed by atoms with Gasteiger partial charge in [-0.05, 0) is 5.56 Å². The lowest BCUT2D eigenvalue weighted by Gasteiger charge is -2.14. The van der Waals surface area contributed by atoms with E-state index in [1.54, 1.807) is 19.4 Å². The van der Waals surface area contributed by atoms with Gasteiger partial charge in [0.05, 0.1) is 13.5 Å². The highest BCUT2D eigenvalue weighted by Crippen LogP contribution is 2.17. The molecule has 0 fully saturated rings. The van der Waals surface area contributed by atoms with Gasteiger partial charge in [0.1, 0.15) is 5.78 Å². The predicted molar refractivity (Wildman–Crippen MR) is 76.1 cm³/mol. The number of rotatable bonds is 5. The van der Waals surface area contributed by atoms with E-state index >= 15 is 0 Å². The number of pyridine rings is 1. The average Bonchev–Trinajstić information content (AvgIpc) is 2.86. The van der Waals surface area contributed by atoms with E-state index in [4.69, 9.17) is 9.26 Å². The Bertz CT molecular complexity index is 612. The van der Waals surface area contributed by atoms with Crippen LogP contribution in [0.2, 0.25) is 0 Å². The number of hydrogen-bond acceptors (Lipinski definition) is 6. The van der Waals surface area contributed by atoms with Gasteiger partial charge < -0.3 is 9.26 Å². The normalized spacial score (nSPS) is 11.4. The van der Waals surface area contributed by atoms with Crippen molar-refractivity contribution in [2.45, 2.75) is 33.6 Å². The van der Waals surface area contributed by atoms with E-state index in [-0.39, 0.29) is 12.2 Å². The molecule has 0 radical (unpaired) electrons. The molecule has 0 spiro atoms. The molecule has 0 unspecified atom stereocenters. The minimum atomic E-state index is -0.408. The van der Waals surface area contributed by atoms with Gasteiger partial charge in [-0.3, -0.25) is 4.79 Å². The molecule has 0 N–H and O–H groups in total. The van der Waals surface area contributed by atoms with Crippen molar-refractivity contribution in [3.05, 3.63) is 35.6 Å². The standard InChI is InChI=1S/C15H19N3O3/c1-15(2,3)11(19)8-14-17-12(18-21-14)7-10-5-6-13(20-4)16-9-10/h5-6,9H,7-8H2,1-4H3. The lowest BCUT2D eigenvalue weighted by molar-refractivity contribution is -0.125. The largest absolute Gasteiger partial charge is 0.481 e. The van der Waals surface area contributed by atoms with Crippen LogP contribution in [0.1, 0.15) is 38.0 Å². The van der Waals surface area contributed by atoms with E-state index < -0.39 is 5.41 Å². The maximum Gasteiger partial charge on any atom is 0.234 e. The van der Waals surface area contributed by atoms with Crippen LogP contribution >= 0.6 is 0 Å². The van der Waals surface area contributed by atoms with Crippen molar-refractivity contribution >= 4 is 5.78 Å². The number of ether oxygens (including phenoxy) is 1. The van der Waals surface area contributed by atoms with Crippen molar-refractivity contribution < 1.29 is 14.1 Å². The van der Waals surface area contributed by atoms with Crippen molar-refractivity contribution in [2.24, 2.45) is 5.41 Å². The molecule has 2 heterocycles. The molecule has 6 nitrogen and oxygen atoms in total. The van der Waals surface area contributed by atoms with Crippen LogP contribution in [0.5, 0.6) is 5.88 Å². The van der Waals surface area contributed by atoms with E-state index in [9.17, 15) is 4.79 Å². The first kappa shape index (κ1) is 15.2. The molecule has 0 aliphatic rings. The monoisotopic (exact) mass is 289 g/mol. The predicted octanol–water partition coefficient (Wildman–Crippen LogP) is 2.22. The Labute approximate surface area is 123 Å². The maximum atomic E-state index is 11.9. The fraction of sp³-hybridized carbons (Fsp3) is 0.467. The number of nitrogens with zero attached hydrogens (tertiary/aromatic N) is 3. The minimum Gasteiger partial charge on any atom is -0.481 e. The molecule has 2 aromatic heterocycles. The zero-order valence-electron chi connectivity index (χ0n) is 12.7. The first-order chi connectivity index (χ1) is 9.88. The van der Waals surface area contributed by atoms with Gasteiger partial charge >= 0.3 is 0 Å². The summed E-state index contributed by atoms with van der Waals surface area (Å²) in [6, 6.07) is 3.67. The zero-order chi connectivity index (χ0) is 15.5. The summed E-state index contributed by atoms with van der Waals surface area (Å²) in [5.41, 5.74) is 0.541. The fourth-order valence-corrected chi connectivity index (χ4v) is 1.66. The van der Waals surface area contributed by atoms with Crippen LogP contribution in [0.3, 0.4) is 0 Å². The van der Waals surface area contributed by atoms with E-state index in [2.05, 4.69) is 15.1 Å². The van der Waals surface area contributed by atoms with Gasteiger partial charge in [-0.25, -0.2) is 4.98 Å². The summed E-state index contributed by atoms with van der Waals surface area (Å²) in [5.74, 6) is 1.53. The zero-order valence-corrected chi connectivity index (χ0v) is 12.7. The van der Waals surface area contributed by atoms with E-state index in [0.29, 0.717) is 24.0 Å². The fourth-order valence-electron chi connectivity index (χ4n) is 1.66. The Morgan fingerprint density at radius 2 is 2.10 bits per heavy atom. The second-order valence-electron chi connectivity index (χ2n) is 5.84. The third-order valence-corrected chi connectivity index (χ3v) is 3.03. The first-order valence-electron chi connectivity index (χ1n) is 6.72. The van der Waals surface area contributed by atoms with Gasteiger partial charge in [0.25, 0.3) is 0 Å². The van der Waals surface area contributed by atoms with E-state index in [1.807, 2.05) is 26.8 Å². The maximum absolute atomic E-state index is 11.9. The summed E-state index contributed by atoms with van der Waals surface area (Å²) in [6.45, 7) is 5.61.